The second kappa shape index (κ2) is 7.22. The quantitative estimate of drug-likeness (QED) is 0.735. The molecule has 1 aromatic rings. The number of nitrogens with one attached hydrogen (secondary N) is 1. The first kappa shape index (κ1) is 17.8. The summed E-state index contributed by atoms with van der Waals surface area (Å²) in [5.74, 6) is 3.45. The summed E-state index contributed by atoms with van der Waals surface area (Å²) in [6, 6.07) is 8.54. The molecule has 4 aliphatic rings. The lowest BCUT2D eigenvalue weighted by molar-refractivity contribution is -0.127. The Balaban J connectivity index is 1.39. The van der Waals surface area contributed by atoms with Crippen LogP contribution in [0.5, 0.6) is 5.75 Å². The van der Waals surface area contributed by atoms with Gasteiger partial charge < -0.3 is 15.2 Å². The molecule has 0 heterocycles. The Morgan fingerprint density at radius 3 is 2.27 bits per heavy atom. The van der Waals surface area contributed by atoms with Crippen molar-refractivity contribution in [2.24, 2.45) is 17.8 Å². The Morgan fingerprint density at radius 2 is 1.73 bits per heavy atom. The van der Waals surface area contributed by atoms with Crippen molar-refractivity contribution in [3.05, 3.63) is 29.8 Å². The van der Waals surface area contributed by atoms with Crippen LogP contribution in [-0.4, -0.2) is 30.3 Å². The Labute approximate surface area is 156 Å². The Hall–Kier alpha value is -1.55. The summed E-state index contributed by atoms with van der Waals surface area (Å²) in [5.41, 5.74) is 1.88. The maximum Gasteiger partial charge on any atom is 0.260 e. The van der Waals surface area contributed by atoms with E-state index in [0.29, 0.717) is 18.4 Å². The van der Waals surface area contributed by atoms with Gasteiger partial charge in [0.25, 0.3) is 5.91 Å². The summed E-state index contributed by atoms with van der Waals surface area (Å²) in [7, 11) is 0. The maximum absolute atomic E-state index is 12.0. The summed E-state index contributed by atoms with van der Waals surface area (Å²) in [6.07, 6.45) is 8.52. The molecule has 4 heteroatoms. The largest absolute Gasteiger partial charge is 0.481 e. The lowest BCUT2D eigenvalue weighted by Crippen LogP contribution is -2.48. The number of aliphatic hydroxyl groups is 1. The Bertz CT molecular complexity index is 604. The highest BCUT2D eigenvalue weighted by Crippen LogP contribution is 2.60. The van der Waals surface area contributed by atoms with Gasteiger partial charge in [-0.15, -0.1) is 0 Å². The summed E-state index contributed by atoms with van der Waals surface area (Å²) in [5, 5.41) is 11.6. The third-order valence-corrected chi connectivity index (χ3v) is 6.82. The van der Waals surface area contributed by atoms with Crippen LogP contribution in [0.4, 0.5) is 0 Å². The molecule has 0 spiro atoms. The average molecular weight is 357 g/mol. The monoisotopic (exact) mass is 357 g/mol. The Morgan fingerprint density at radius 1 is 1.15 bits per heavy atom. The summed E-state index contributed by atoms with van der Waals surface area (Å²) < 4.78 is 5.81. The zero-order valence-electron chi connectivity index (χ0n) is 15.7. The van der Waals surface area contributed by atoms with Crippen molar-refractivity contribution in [1.82, 2.24) is 5.32 Å². The standard InChI is InChI=1S/C22H31NO3/c1-15(21(25)23-7-2-8-24)26-20-5-3-19(4-6-20)22-12-16-9-17(13-22)11-18(10-16)14-22/h3-6,15-18,24H,2,7-14H2,1H3,(H,23,25). The molecular formula is C22H31NO3. The van der Waals surface area contributed by atoms with Gasteiger partial charge in [-0.3, -0.25) is 4.79 Å². The molecule has 0 aromatic heterocycles. The minimum absolute atomic E-state index is 0.0846. The van der Waals surface area contributed by atoms with Gasteiger partial charge in [0.2, 0.25) is 0 Å². The van der Waals surface area contributed by atoms with E-state index in [-0.39, 0.29) is 12.5 Å². The predicted molar refractivity (Wildman–Crippen MR) is 101 cm³/mol. The number of hydrogen-bond acceptors (Lipinski definition) is 3. The van der Waals surface area contributed by atoms with Crippen molar-refractivity contribution in [2.45, 2.75) is 63.4 Å². The normalized spacial score (nSPS) is 33.1. The topological polar surface area (TPSA) is 58.6 Å². The van der Waals surface area contributed by atoms with Crippen molar-refractivity contribution >= 4 is 5.91 Å². The zero-order valence-corrected chi connectivity index (χ0v) is 15.7. The van der Waals surface area contributed by atoms with Crippen LogP contribution in [-0.2, 0) is 10.2 Å². The van der Waals surface area contributed by atoms with Gasteiger partial charge in [0.05, 0.1) is 0 Å². The molecule has 4 saturated carbocycles. The first-order valence-corrected chi connectivity index (χ1v) is 10.2. The van der Waals surface area contributed by atoms with Crippen LogP contribution in [0.3, 0.4) is 0 Å². The van der Waals surface area contributed by atoms with Crippen LogP contribution in [0, 0.1) is 17.8 Å². The molecule has 4 fully saturated rings. The third kappa shape index (κ3) is 3.48. The van der Waals surface area contributed by atoms with Crippen molar-refractivity contribution in [3.8, 4) is 5.75 Å². The minimum Gasteiger partial charge on any atom is -0.481 e. The number of benzene rings is 1. The van der Waals surface area contributed by atoms with Crippen LogP contribution in [0.1, 0.15) is 57.4 Å². The van der Waals surface area contributed by atoms with Crippen LogP contribution in [0.25, 0.3) is 0 Å². The summed E-state index contributed by atoms with van der Waals surface area (Å²) in [4.78, 5) is 12.0. The number of ether oxygens (including phenoxy) is 1. The fourth-order valence-electron chi connectivity index (χ4n) is 6.04. The molecule has 0 aliphatic heterocycles. The van der Waals surface area contributed by atoms with E-state index in [4.69, 9.17) is 9.84 Å². The molecule has 1 amide bonds. The van der Waals surface area contributed by atoms with E-state index in [0.717, 1.165) is 23.5 Å². The predicted octanol–water partition coefficient (Wildman–Crippen LogP) is 3.42. The SMILES string of the molecule is CC(Oc1ccc(C23CC4CC(CC(C4)C2)C3)cc1)C(=O)NCCCO. The molecular weight excluding hydrogens is 326 g/mol. The molecule has 1 aromatic carbocycles. The number of amides is 1. The van der Waals surface area contributed by atoms with E-state index >= 15 is 0 Å². The molecule has 26 heavy (non-hydrogen) atoms. The van der Waals surface area contributed by atoms with Gasteiger partial charge in [0, 0.05) is 13.2 Å². The first-order valence-electron chi connectivity index (χ1n) is 10.2. The molecule has 0 radical (unpaired) electrons. The van der Waals surface area contributed by atoms with Gasteiger partial charge in [-0.1, -0.05) is 12.1 Å². The van der Waals surface area contributed by atoms with E-state index in [1.807, 2.05) is 12.1 Å². The smallest absolute Gasteiger partial charge is 0.260 e. The molecule has 5 rings (SSSR count). The van der Waals surface area contributed by atoms with Crippen molar-refractivity contribution in [3.63, 3.8) is 0 Å². The number of hydrogen-bond donors (Lipinski definition) is 2. The highest BCUT2D eigenvalue weighted by Gasteiger charge is 2.51. The van der Waals surface area contributed by atoms with Crippen LogP contribution >= 0.6 is 0 Å². The lowest BCUT2D eigenvalue weighted by atomic mass is 9.48. The van der Waals surface area contributed by atoms with Crippen molar-refractivity contribution < 1.29 is 14.6 Å². The fraction of sp³-hybridized carbons (Fsp3) is 0.682. The van der Waals surface area contributed by atoms with Gasteiger partial charge >= 0.3 is 0 Å². The van der Waals surface area contributed by atoms with E-state index in [1.54, 1.807) is 6.92 Å². The molecule has 1 atom stereocenters. The van der Waals surface area contributed by atoms with Crippen molar-refractivity contribution in [2.75, 3.05) is 13.2 Å². The molecule has 2 N–H and O–H groups in total. The minimum atomic E-state index is -0.529. The molecule has 1 unspecified atom stereocenters. The van der Waals surface area contributed by atoms with Gasteiger partial charge in [-0.2, -0.15) is 0 Å². The number of carbonyl (C=O) groups excluding carboxylic acids is 1. The van der Waals surface area contributed by atoms with Crippen LogP contribution < -0.4 is 10.1 Å². The second-order valence-corrected chi connectivity index (χ2v) is 8.85. The summed E-state index contributed by atoms with van der Waals surface area (Å²) >= 11 is 0. The molecule has 0 saturated heterocycles. The maximum atomic E-state index is 12.0. The van der Waals surface area contributed by atoms with Crippen LogP contribution in [0.15, 0.2) is 24.3 Å². The van der Waals surface area contributed by atoms with Gasteiger partial charge in [0.1, 0.15) is 5.75 Å². The fourth-order valence-corrected chi connectivity index (χ4v) is 6.04. The third-order valence-electron chi connectivity index (χ3n) is 6.82. The van der Waals surface area contributed by atoms with E-state index in [2.05, 4.69) is 17.4 Å². The number of carbonyl (C=O) groups is 1. The second-order valence-electron chi connectivity index (χ2n) is 8.85. The number of rotatable bonds is 7. The molecule has 142 valence electrons. The average Bonchev–Trinajstić information content (AvgIpc) is 2.61. The van der Waals surface area contributed by atoms with Crippen molar-refractivity contribution in [1.29, 1.82) is 0 Å². The van der Waals surface area contributed by atoms with E-state index in [1.165, 1.54) is 44.1 Å². The highest BCUT2D eigenvalue weighted by atomic mass is 16.5. The zero-order chi connectivity index (χ0) is 18.1. The van der Waals surface area contributed by atoms with Crippen LogP contribution in [0.2, 0.25) is 0 Å². The molecule has 4 aliphatic carbocycles. The van der Waals surface area contributed by atoms with E-state index < -0.39 is 6.10 Å². The molecule has 4 bridgehead atoms. The Kier molecular flexibility index (Phi) is 4.96. The molecule has 4 nitrogen and oxygen atoms in total. The lowest BCUT2D eigenvalue weighted by Gasteiger charge is -2.57. The van der Waals surface area contributed by atoms with Gasteiger partial charge in [-0.25, -0.2) is 0 Å². The number of aliphatic hydroxyl groups excluding tert-OH is 1. The first-order chi connectivity index (χ1) is 12.6. The highest BCUT2D eigenvalue weighted by molar-refractivity contribution is 5.80. The summed E-state index contributed by atoms with van der Waals surface area (Å²) in [6.45, 7) is 2.33. The van der Waals surface area contributed by atoms with E-state index in [9.17, 15) is 4.79 Å². The van der Waals surface area contributed by atoms with Gasteiger partial charge in [0.15, 0.2) is 6.10 Å². The van der Waals surface area contributed by atoms with Gasteiger partial charge in [-0.05, 0) is 92.7 Å².